The average molecular weight is 398 g/mol. The number of aliphatic hydroxyl groups excluding tert-OH is 1. The van der Waals surface area contributed by atoms with Gasteiger partial charge in [-0.1, -0.05) is 17.7 Å². The van der Waals surface area contributed by atoms with Crippen molar-refractivity contribution < 1.29 is 15.0 Å². The van der Waals surface area contributed by atoms with Crippen molar-refractivity contribution in [1.82, 2.24) is 18.7 Å². The second-order valence-electron chi connectivity index (χ2n) is 7.21. The monoisotopic (exact) mass is 398 g/mol. The Kier molecular flexibility index (Phi) is 4.50. The lowest BCUT2D eigenvalue weighted by Gasteiger charge is -2.32. The van der Waals surface area contributed by atoms with Crippen LogP contribution in [0, 0.1) is 6.92 Å². The molecule has 3 aromatic rings. The van der Waals surface area contributed by atoms with E-state index in [2.05, 4.69) is 4.98 Å². The Bertz CT molecular complexity index is 1220. The number of carboxylic acid groups (broad SMARTS) is 1. The summed E-state index contributed by atoms with van der Waals surface area (Å²) in [6.45, 7) is 2.10. The molecule has 1 N–H and O–H groups in total. The Hall–Kier alpha value is -3.40. The molecular weight excluding hydrogens is 378 g/mol. The number of carboxylic acids is 1. The standard InChI is InChI=1S/C19H21N5O5/c1-11-3-5-12(6-4-11)23-9-13(25)10-24-15-16(20-18(23)24)21(2)19(29)22(17(15)28)8-7-14(26)27/h3-6,13,25H,7-10H2,1-2H3,(H,26,27)/p-1/t13-/m1/s1. The van der Waals surface area contributed by atoms with Gasteiger partial charge in [-0.25, -0.2) is 4.79 Å². The number of aliphatic hydroxyl groups is 1. The molecule has 0 amide bonds. The van der Waals surface area contributed by atoms with Crippen molar-refractivity contribution in [2.75, 3.05) is 11.4 Å². The number of anilines is 2. The number of carbonyl (C=O) groups excluding carboxylic acids is 1. The second kappa shape index (κ2) is 6.89. The molecule has 1 aliphatic rings. The highest BCUT2D eigenvalue weighted by Crippen LogP contribution is 2.31. The number of hydrogen-bond donors (Lipinski definition) is 1. The van der Waals surface area contributed by atoms with Crippen molar-refractivity contribution in [2.45, 2.75) is 32.5 Å². The summed E-state index contributed by atoms with van der Waals surface area (Å²) in [6.07, 6.45) is -1.21. The fraction of sp³-hybridized carbons (Fsp3) is 0.368. The van der Waals surface area contributed by atoms with Crippen molar-refractivity contribution in [3.8, 4) is 0 Å². The molecule has 4 rings (SSSR count). The summed E-state index contributed by atoms with van der Waals surface area (Å²) >= 11 is 0. The van der Waals surface area contributed by atoms with Crippen molar-refractivity contribution in [1.29, 1.82) is 0 Å². The maximum absolute atomic E-state index is 13.0. The predicted octanol–water partition coefficient (Wildman–Crippen LogP) is -1.14. The first kappa shape index (κ1) is 18.9. The number of hydrogen-bond acceptors (Lipinski definition) is 7. The van der Waals surface area contributed by atoms with Crippen LogP contribution in [0.1, 0.15) is 12.0 Å². The zero-order valence-electron chi connectivity index (χ0n) is 16.0. The summed E-state index contributed by atoms with van der Waals surface area (Å²) in [5, 5.41) is 21.2. The van der Waals surface area contributed by atoms with Gasteiger partial charge in [-0.15, -0.1) is 0 Å². The molecule has 2 aromatic heterocycles. The maximum Gasteiger partial charge on any atom is 0.332 e. The third-order valence-corrected chi connectivity index (χ3v) is 5.13. The lowest BCUT2D eigenvalue weighted by atomic mass is 10.2. The van der Waals surface area contributed by atoms with Crippen molar-refractivity contribution in [2.24, 2.45) is 7.05 Å². The van der Waals surface area contributed by atoms with Crippen LogP contribution in [0.3, 0.4) is 0 Å². The van der Waals surface area contributed by atoms with Crippen LogP contribution in [0.5, 0.6) is 0 Å². The summed E-state index contributed by atoms with van der Waals surface area (Å²) in [5.41, 5.74) is 0.927. The molecule has 10 nitrogen and oxygen atoms in total. The Labute approximate surface area is 164 Å². The molecule has 0 saturated carbocycles. The molecule has 0 spiro atoms. The van der Waals surface area contributed by atoms with Crippen LogP contribution in [0.15, 0.2) is 33.9 Å². The van der Waals surface area contributed by atoms with E-state index >= 15 is 0 Å². The summed E-state index contributed by atoms with van der Waals surface area (Å²) in [5.74, 6) is -0.908. The zero-order chi connectivity index (χ0) is 20.9. The number of aryl methyl sites for hydroxylation is 2. The van der Waals surface area contributed by atoms with Crippen LogP contribution >= 0.6 is 0 Å². The lowest BCUT2D eigenvalue weighted by Crippen LogP contribution is -2.42. The van der Waals surface area contributed by atoms with Gasteiger partial charge in [0.05, 0.1) is 19.2 Å². The van der Waals surface area contributed by atoms with Crippen LogP contribution in [-0.2, 0) is 24.9 Å². The molecule has 1 aromatic carbocycles. The lowest BCUT2D eigenvalue weighted by molar-refractivity contribution is -0.305. The van der Waals surface area contributed by atoms with Crippen molar-refractivity contribution in [3.63, 3.8) is 0 Å². The zero-order valence-corrected chi connectivity index (χ0v) is 16.0. The number of rotatable bonds is 4. The highest BCUT2D eigenvalue weighted by atomic mass is 16.4. The van der Waals surface area contributed by atoms with Crippen molar-refractivity contribution in [3.05, 3.63) is 50.7 Å². The highest BCUT2D eigenvalue weighted by molar-refractivity contribution is 5.77. The first-order valence-corrected chi connectivity index (χ1v) is 9.20. The molecule has 0 fully saturated rings. The molecule has 152 valence electrons. The van der Waals surface area contributed by atoms with Gasteiger partial charge in [0.1, 0.15) is 0 Å². The number of nitrogens with zero attached hydrogens (tertiary/aromatic N) is 5. The molecule has 0 aliphatic carbocycles. The van der Waals surface area contributed by atoms with Gasteiger partial charge in [-0.2, -0.15) is 4.98 Å². The molecule has 10 heteroatoms. The number of carbonyl (C=O) groups is 1. The highest BCUT2D eigenvalue weighted by Gasteiger charge is 2.30. The number of aromatic nitrogens is 4. The van der Waals surface area contributed by atoms with E-state index in [1.54, 1.807) is 9.47 Å². The van der Waals surface area contributed by atoms with Gasteiger partial charge in [0.2, 0.25) is 5.95 Å². The Morgan fingerprint density at radius 1 is 1.24 bits per heavy atom. The van der Waals surface area contributed by atoms with Crippen LogP contribution in [0.2, 0.25) is 0 Å². The third kappa shape index (κ3) is 3.11. The Morgan fingerprint density at radius 3 is 2.59 bits per heavy atom. The number of imidazole rings is 1. The van der Waals surface area contributed by atoms with E-state index in [-0.39, 0.29) is 24.3 Å². The van der Waals surface area contributed by atoms with E-state index in [0.717, 1.165) is 15.8 Å². The molecular formula is C19H20N5O5-. The number of aliphatic carboxylic acids is 1. The molecule has 1 aliphatic heterocycles. The molecule has 0 unspecified atom stereocenters. The van der Waals surface area contributed by atoms with Gasteiger partial charge < -0.3 is 24.5 Å². The molecule has 3 heterocycles. The fourth-order valence-electron chi connectivity index (χ4n) is 3.65. The van der Waals surface area contributed by atoms with E-state index in [4.69, 9.17) is 0 Å². The largest absolute Gasteiger partial charge is 0.550 e. The first-order chi connectivity index (χ1) is 13.8. The van der Waals surface area contributed by atoms with Gasteiger partial charge >= 0.3 is 5.69 Å². The van der Waals surface area contributed by atoms with E-state index < -0.39 is 29.7 Å². The van der Waals surface area contributed by atoms with Crippen LogP contribution in [0.4, 0.5) is 11.6 Å². The molecule has 0 radical (unpaired) electrons. The van der Waals surface area contributed by atoms with E-state index in [1.165, 1.54) is 11.6 Å². The number of β-amino-alcohol motifs (C(OH)–C–C–N with tert-alkyl or cyclic N) is 1. The topological polar surface area (TPSA) is 125 Å². The van der Waals surface area contributed by atoms with E-state index in [9.17, 15) is 24.6 Å². The van der Waals surface area contributed by atoms with Gasteiger partial charge in [0.25, 0.3) is 5.56 Å². The minimum atomic E-state index is -1.35. The predicted molar refractivity (Wildman–Crippen MR) is 103 cm³/mol. The van der Waals surface area contributed by atoms with E-state index in [1.807, 2.05) is 31.2 Å². The second-order valence-corrected chi connectivity index (χ2v) is 7.21. The number of fused-ring (bicyclic) bond motifs is 3. The molecule has 0 saturated heterocycles. The maximum atomic E-state index is 13.0. The summed E-state index contributed by atoms with van der Waals surface area (Å²) < 4.78 is 3.67. The normalized spacial score (nSPS) is 16.2. The summed E-state index contributed by atoms with van der Waals surface area (Å²) in [7, 11) is 1.48. The Balaban J connectivity index is 1.95. The van der Waals surface area contributed by atoms with Gasteiger partial charge in [-0.3, -0.25) is 13.9 Å². The van der Waals surface area contributed by atoms with Gasteiger partial charge in [0.15, 0.2) is 11.2 Å². The quantitative estimate of drug-likeness (QED) is 0.589. The third-order valence-electron chi connectivity index (χ3n) is 5.13. The number of benzene rings is 1. The van der Waals surface area contributed by atoms with Gasteiger partial charge in [0, 0.05) is 31.7 Å². The van der Waals surface area contributed by atoms with Crippen LogP contribution in [-0.4, -0.2) is 42.4 Å². The first-order valence-electron chi connectivity index (χ1n) is 9.20. The smallest absolute Gasteiger partial charge is 0.332 e. The fourth-order valence-corrected chi connectivity index (χ4v) is 3.65. The minimum absolute atomic E-state index is 0.141. The molecule has 1 atom stereocenters. The molecule has 0 bridgehead atoms. The van der Waals surface area contributed by atoms with Gasteiger partial charge in [-0.05, 0) is 19.1 Å². The van der Waals surface area contributed by atoms with Crippen molar-refractivity contribution >= 4 is 28.8 Å². The molecule has 29 heavy (non-hydrogen) atoms. The minimum Gasteiger partial charge on any atom is -0.550 e. The SMILES string of the molecule is Cc1ccc(N2C[C@@H](O)Cn3c2nc2c3c(=O)n(CCC(=O)[O-])c(=O)n2C)cc1. The van der Waals surface area contributed by atoms with Crippen LogP contribution < -0.4 is 21.3 Å². The Morgan fingerprint density at radius 2 is 1.93 bits per heavy atom. The summed E-state index contributed by atoms with van der Waals surface area (Å²) in [6, 6.07) is 7.67. The summed E-state index contributed by atoms with van der Waals surface area (Å²) in [4.78, 5) is 42.7. The average Bonchev–Trinajstić information content (AvgIpc) is 3.05. The van der Waals surface area contributed by atoms with E-state index in [0.29, 0.717) is 12.5 Å². The van der Waals surface area contributed by atoms with Crippen LogP contribution in [0.25, 0.3) is 11.2 Å².